The van der Waals surface area contributed by atoms with Crippen LogP contribution in [-0.4, -0.2) is 49.1 Å². The van der Waals surface area contributed by atoms with Crippen molar-refractivity contribution in [1.82, 2.24) is 16.0 Å². The highest BCUT2D eigenvalue weighted by molar-refractivity contribution is 14.0. The van der Waals surface area contributed by atoms with E-state index in [2.05, 4.69) is 20.9 Å². The predicted octanol–water partition coefficient (Wildman–Crippen LogP) is 4.15. The van der Waals surface area contributed by atoms with Gasteiger partial charge in [-0.2, -0.15) is 0 Å². The van der Waals surface area contributed by atoms with E-state index < -0.39 is 5.60 Å². The minimum atomic E-state index is -0.402. The van der Waals surface area contributed by atoms with Crippen LogP contribution in [0.3, 0.4) is 0 Å². The molecule has 1 saturated carbocycles. The molecule has 182 valence electrons. The van der Waals surface area contributed by atoms with Gasteiger partial charge in [0.2, 0.25) is 5.91 Å². The van der Waals surface area contributed by atoms with Crippen molar-refractivity contribution in [3.05, 3.63) is 0 Å². The maximum absolute atomic E-state index is 12.3. The summed E-state index contributed by atoms with van der Waals surface area (Å²) < 4.78 is 5.32. The van der Waals surface area contributed by atoms with E-state index in [1.54, 1.807) is 7.05 Å². The summed E-state index contributed by atoms with van der Waals surface area (Å²) in [6.07, 6.45) is 8.40. The van der Waals surface area contributed by atoms with Crippen molar-refractivity contribution in [3.8, 4) is 0 Å². The Morgan fingerprint density at radius 1 is 1.10 bits per heavy atom. The zero-order valence-electron chi connectivity index (χ0n) is 20.4. The Labute approximate surface area is 206 Å². The van der Waals surface area contributed by atoms with E-state index in [1.807, 2.05) is 34.6 Å². The van der Waals surface area contributed by atoms with Gasteiger partial charge in [-0.25, -0.2) is 0 Å². The molecule has 0 aliphatic heterocycles. The van der Waals surface area contributed by atoms with Crippen molar-refractivity contribution in [2.75, 3.05) is 13.6 Å². The van der Waals surface area contributed by atoms with Gasteiger partial charge in [-0.05, 0) is 66.7 Å². The van der Waals surface area contributed by atoms with Crippen molar-refractivity contribution in [2.45, 2.75) is 110 Å². The summed E-state index contributed by atoms with van der Waals surface area (Å²) in [4.78, 5) is 28.3. The van der Waals surface area contributed by atoms with E-state index in [0.29, 0.717) is 6.42 Å². The van der Waals surface area contributed by atoms with E-state index >= 15 is 0 Å². The molecule has 2 unspecified atom stereocenters. The van der Waals surface area contributed by atoms with Crippen LogP contribution in [-0.2, 0) is 14.3 Å². The predicted molar refractivity (Wildman–Crippen MR) is 138 cm³/mol. The third-order valence-electron chi connectivity index (χ3n) is 5.06. The molecule has 31 heavy (non-hydrogen) atoms. The van der Waals surface area contributed by atoms with Gasteiger partial charge in [0.25, 0.3) is 0 Å². The topological polar surface area (TPSA) is 91.8 Å². The Morgan fingerprint density at radius 3 is 2.39 bits per heavy atom. The summed E-state index contributed by atoms with van der Waals surface area (Å²) in [6.45, 7) is 10.5. The molecule has 0 aromatic heterocycles. The van der Waals surface area contributed by atoms with Gasteiger partial charge in [0, 0.05) is 38.0 Å². The Morgan fingerprint density at radius 2 is 1.77 bits per heavy atom. The largest absolute Gasteiger partial charge is 0.460 e. The molecular weight excluding hydrogens is 507 g/mol. The van der Waals surface area contributed by atoms with Gasteiger partial charge in [-0.3, -0.25) is 14.6 Å². The zero-order chi connectivity index (χ0) is 22.6. The number of carbonyl (C=O) groups excluding carboxylic acids is 2. The highest BCUT2D eigenvalue weighted by Gasteiger charge is 2.27. The second-order valence-electron chi connectivity index (χ2n) is 9.62. The molecule has 0 spiro atoms. The van der Waals surface area contributed by atoms with Crippen molar-refractivity contribution in [1.29, 1.82) is 0 Å². The number of esters is 1. The van der Waals surface area contributed by atoms with E-state index in [1.165, 1.54) is 0 Å². The minimum absolute atomic E-state index is 0. The molecule has 1 aliphatic carbocycles. The number of ether oxygens (including phenoxy) is 1. The molecule has 0 radical (unpaired) electrons. The third-order valence-corrected chi connectivity index (χ3v) is 5.06. The second-order valence-corrected chi connectivity index (χ2v) is 9.62. The van der Waals surface area contributed by atoms with Crippen LogP contribution in [0.25, 0.3) is 0 Å². The molecule has 0 heterocycles. The number of amides is 1. The first-order valence-electron chi connectivity index (χ1n) is 11.6. The van der Waals surface area contributed by atoms with Crippen LogP contribution in [0.5, 0.6) is 0 Å². The number of nitrogens with one attached hydrogen (secondary N) is 3. The number of hydrogen-bond donors (Lipinski definition) is 3. The first kappa shape index (κ1) is 29.9. The fraction of sp³-hybridized carbons (Fsp3) is 0.870. The number of hydrogen-bond acceptors (Lipinski definition) is 4. The highest BCUT2D eigenvalue weighted by atomic mass is 127. The standard InChI is InChI=1S/C23H44N4O3.HI/c1-17(2)26-21(29)18-12-11-13-19(16-18)27-22(24-6)25-15-10-8-7-9-14-20(28)30-23(3,4)5;/h17-19H,7-16H2,1-6H3,(H,26,29)(H2,24,25,27);1H. The van der Waals surface area contributed by atoms with Crippen molar-refractivity contribution in [2.24, 2.45) is 10.9 Å². The molecule has 0 saturated heterocycles. The number of halogens is 1. The fourth-order valence-electron chi connectivity index (χ4n) is 3.70. The van der Waals surface area contributed by atoms with Crippen molar-refractivity contribution < 1.29 is 14.3 Å². The second kappa shape index (κ2) is 15.7. The molecule has 1 aliphatic rings. The van der Waals surface area contributed by atoms with Crippen molar-refractivity contribution in [3.63, 3.8) is 0 Å². The van der Waals surface area contributed by atoms with Crippen LogP contribution < -0.4 is 16.0 Å². The molecule has 1 rings (SSSR count). The van der Waals surface area contributed by atoms with E-state index in [9.17, 15) is 9.59 Å². The average Bonchev–Trinajstić information content (AvgIpc) is 2.64. The Hall–Kier alpha value is -1.06. The maximum Gasteiger partial charge on any atom is 0.306 e. The smallest absolute Gasteiger partial charge is 0.306 e. The van der Waals surface area contributed by atoms with Gasteiger partial charge in [0.1, 0.15) is 5.60 Å². The Balaban J connectivity index is 0.00000900. The molecule has 2 atom stereocenters. The van der Waals surface area contributed by atoms with E-state index in [0.717, 1.165) is 63.9 Å². The minimum Gasteiger partial charge on any atom is -0.460 e. The van der Waals surface area contributed by atoms with Gasteiger partial charge >= 0.3 is 5.97 Å². The molecule has 8 heteroatoms. The lowest BCUT2D eigenvalue weighted by molar-refractivity contribution is -0.154. The van der Waals surface area contributed by atoms with Crippen molar-refractivity contribution >= 4 is 41.8 Å². The number of guanidine groups is 1. The highest BCUT2D eigenvalue weighted by Crippen LogP contribution is 2.24. The van der Waals surface area contributed by atoms with E-state index in [-0.39, 0.29) is 53.9 Å². The molecule has 3 N–H and O–H groups in total. The summed E-state index contributed by atoms with van der Waals surface area (Å²) in [5.41, 5.74) is -0.402. The number of carbonyl (C=O) groups is 2. The van der Waals surface area contributed by atoms with Crippen LogP contribution in [0, 0.1) is 5.92 Å². The SMILES string of the molecule is CN=C(NCCCCCCC(=O)OC(C)(C)C)NC1CCCC(C(=O)NC(C)C)C1.I. The number of rotatable bonds is 10. The number of nitrogens with zero attached hydrogens (tertiary/aromatic N) is 1. The van der Waals surface area contributed by atoms with Crippen LogP contribution in [0.1, 0.15) is 92.4 Å². The molecular formula is C23H45IN4O3. The molecule has 1 amide bonds. The lowest BCUT2D eigenvalue weighted by Crippen LogP contribution is -2.47. The van der Waals surface area contributed by atoms with Gasteiger partial charge in [-0.15, -0.1) is 24.0 Å². The van der Waals surface area contributed by atoms with Crippen LogP contribution in [0.15, 0.2) is 4.99 Å². The summed E-state index contributed by atoms with van der Waals surface area (Å²) >= 11 is 0. The van der Waals surface area contributed by atoms with Gasteiger partial charge in [-0.1, -0.05) is 19.3 Å². The monoisotopic (exact) mass is 552 g/mol. The van der Waals surface area contributed by atoms with E-state index in [4.69, 9.17) is 4.74 Å². The van der Waals surface area contributed by atoms with Crippen LogP contribution in [0.4, 0.5) is 0 Å². The number of unbranched alkanes of at least 4 members (excludes halogenated alkanes) is 3. The first-order chi connectivity index (χ1) is 14.1. The normalized spacial score (nSPS) is 19.4. The lowest BCUT2D eigenvalue weighted by atomic mass is 9.85. The lowest BCUT2D eigenvalue weighted by Gasteiger charge is -2.30. The molecule has 7 nitrogen and oxygen atoms in total. The van der Waals surface area contributed by atoms with Gasteiger partial charge in [0.15, 0.2) is 5.96 Å². The van der Waals surface area contributed by atoms with Gasteiger partial charge < -0.3 is 20.7 Å². The van der Waals surface area contributed by atoms with Gasteiger partial charge in [0.05, 0.1) is 0 Å². The Bertz CT molecular complexity index is 562. The van der Waals surface area contributed by atoms with Crippen LogP contribution in [0.2, 0.25) is 0 Å². The molecule has 0 aromatic rings. The average molecular weight is 553 g/mol. The summed E-state index contributed by atoms with van der Waals surface area (Å²) in [5, 5.41) is 9.89. The Kier molecular flexibility index (Phi) is 15.2. The first-order valence-corrected chi connectivity index (χ1v) is 11.6. The summed E-state index contributed by atoms with van der Waals surface area (Å²) in [5.74, 6) is 0.948. The number of aliphatic imine (C=N–C) groups is 1. The third kappa shape index (κ3) is 14.6. The summed E-state index contributed by atoms with van der Waals surface area (Å²) in [7, 11) is 1.78. The molecule has 0 aromatic carbocycles. The molecule has 1 fully saturated rings. The summed E-state index contributed by atoms with van der Waals surface area (Å²) in [6, 6.07) is 0.464. The van der Waals surface area contributed by atoms with Crippen LogP contribution >= 0.6 is 24.0 Å². The maximum atomic E-state index is 12.3. The quantitative estimate of drug-likeness (QED) is 0.125. The fourth-order valence-corrected chi connectivity index (χ4v) is 3.70. The zero-order valence-corrected chi connectivity index (χ0v) is 22.7. The molecule has 0 bridgehead atoms.